The molecule has 0 atom stereocenters. The predicted octanol–water partition coefficient (Wildman–Crippen LogP) is 0.134. The van der Waals surface area contributed by atoms with E-state index in [-0.39, 0.29) is 0 Å². The Morgan fingerprint density at radius 1 is 0.607 bits per heavy atom. The second kappa shape index (κ2) is 8.79. The fourth-order valence-corrected chi connectivity index (χ4v) is 2.76. The number of rotatable bonds is 3. The normalized spacial score (nSPS) is 10.9. The van der Waals surface area contributed by atoms with Gasteiger partial charge in [0.05, 0.1) is 5.56 Å². The number of hydrogen-bond acceptors (Lipinski definition) is 5. The molecule has 0 spiro atoms. The number of benzene rings is 3. The molecular formula is C21H16ClNO5. The maximum Gasteiger partial charge on any atom is 0.341 e. The molecule has 0 bridgehead atoms. The van der Waals surface area contributed by atoms with Crippen LogP contribution in [-0.2, 0) is 0 Å². The van der Waals surface area contributed by atoms with E-state index in [1.165, 1.54) is 0 Å². The van der Waals surface area contributed by atoms with Gasteiger partial charge in [0.25, 0.3) is 5.69 Å². The fraction of sp³-hybridized carbons (Fsp3) is 0. The quantitative estimate of drug-likeness (QED) is 0.456. The first-order valence-corrected chi connectivity index (χ1v) is 9.48. The van der Waals surface area contributed by atoms with E-state index in [0.717, 1.165) is 28.3 Å². The third kappa shape index (κ3) is 5.26. The highest BCUT2D eigenvalue weighted by atomic mass is 35.7. The minimum Gasteiger partial charge on any atom is -0.403 e. The third-order valence-corrected chi connectivity index (χ3v) is 3.85. The van der Waals surface area contributed by atoms with Crippen LogP contribution in [0.5, 0.6) is 0 Å². The van der Waals surface area contributed by atoms with Crippen molar-refractivity contribution in [2.75, 3.05) is 0 Å². The average molecular weight is 398 g/mol. The van der Waals surface area contributed by atoms with Gasteiger partial charge < -0.3 is 4.42 Å². The van der Waals surface area contributed by atoms with Crippen LogP contribution in [0.15, 0.2) is 102 Å². The van der Waals surface area contributed by atoms with E-state index in [9.17, 15) is 0 Å². The van der Waals surface area contributed by atoms with Crippen LogP contribution in [0.2, 0.25) is 0 Å². The summed E-state index contributed by atoms with van der Waals surface area (Å²) in [7, 11) is -4.94. The highest BCUT2D eigenvalue weighted by Crippen LogP contribution is 2.30. The second-order valence-corrected chi connectivity index (χ2v) is 6.47. The molecule has 1 aromatic heterocycles. The molecular weight excluding hydrogens is 382 g/mol. The van der Waals surface area contributed by atoms with Crippen molar-refractivity contribution in [1.82, 2.24) is 0 Å². The molecule has 6 nitrogen and oxygen atoms in total. The lowest BCUT2D eigenvalue weighted by Crippen LogP contribution is -2.68. The number of hydrogen-bond donors (Lipinski definition) is 0. The molecule has 1 heterocycles. The zero-order valence-electron chi connectivity index (χ0n) is 14.6. The number of para-hydroxylation sites is 1. The Labute approximate surface area is 163 Å². The molecule has 0 N–H and O–H groups in total. The van der Waals surface area contributed by atoms with E-state index in [4.69, 9.17) is 23.1 Å². The number of aromatic nitrogens is 1. The fourth-order valence-electron chi connectivity index (χ4n) is 2.76. The first kappa shape index (κ1) is 19.8. The first-order valence-electron chi connectivity index (χ1n) is 8.24. The maximum atomic E-state index is 8.49. The Morgan fingerprint density at radius 2 is 1.04 bits per heavy atom. The number of nitrogens with zero attached hydrogens (tertiary/aromatic N) is 1. The van der Waals surface area contributed by atoms with Crippen LogP contribution in [-0.4, -0.2) is 0 Å². The lowest BCUT2D eigenvalue weighted by atomic mass is 10.1. The topological polar surface area (TPSA) is 109 Å². The lowest BCUT2D eigenvalue weighted by molar-refractivity contribution is -2.00. The smallest absolute Gasteiger partial charge is 0.341 e. The lowest BCUT2D eigenvalue weighted by Gasteiger charge is -2.17. The van der Waals surface area contributed by atoms with Gasteiger partial charge in [-0.3, -0.25) is 0 Å². The number of oxazole rings is 1. The van der Waals surface area contributed by atoms with Crippen LogP contribution in [0.25, 0.3) is 28.3 Å². The van der Waals surface area contributed by atoms with Crippen LogP contribution in [0.1, 0.15) is 0 Å². The SMILES string of the molecule is [O-][Cl+3]([O-])([O-])[O-].c1ccc(-c2oc[n+](-c3ccccc3)c2-c2ccccc2)cc1. The van der Waals surface area contributed by atoms with Gasteiger partial charge in [0.1, 0.15) is 0 Å². The first-order chi connectivity index (χ1) is 13.4. The van der Waals surface area contributed by atoms with Crippen LogP contribution in [0, 0.1) is 10.2 Å². The Morgan fingerprint density at radius 3 is 1.54 bits per heavy atom. The second-order valence-electron chi connectivity index (χ2n) is 5.72. The van der Waals surface area contributed by atoms with Crippen LogP contribution in [0.4, 0.5) is 0 Å². The molecule has 7 heteroatoms. The van der Waals surface area contributed by atoms with Crippen molar-refractivity contribution >= 4 is 0 Å². The molecule has 0 unspecified atom stereocenters. The molecule has 0 aliphatic carbocycles. The summed E-state index contributed by atoms with van der Waals surface area (Å²) in [6.07, 6.45) is 1.78. The van der Waals surface area contributed by atoms with Crippen molar-refractivity contribution in [2.24, 2.45) is 0 Å². The Hall–Kier alpha value is -3.00. The van der Waals surface area contributed by atoms with Crippen molar-refractivity contribution in [3.8, 4) is 28.3 Å². The van der Waals surface area contributed by atoms with E-state index in [2.05, 4.69) is 41.0 Å². The Bertz CT molecular complexity index is 936. The van der Waals surface area contributed by atoms with E-state index in [1.54, 1.807) is 6.39 Å². The van der Waals surface area contributed by atoms with E-state index in [0.29, 0.717) is 0 Å². The van der Waals surface area contributed by atoms with Crippen molar-refractivity contribution in [3.63, 3.8) is 0 Å². The molecule has 4 aromatic rings. The van der Waals surface area contributed by atoms with E-state index < -0.39 is 10.2 Å². The van der Waals surface area contributed by atoms with Crippen LogP contribution < -0.4 is 23.2 Å². The Kier molecular flexibility index (Phi) is 6.20. The van der Waals surface area contributed by atoms with Gasteiger partial charge in [-0.15, -0.1) is 14.8 Å². The third-order valence-electron chi connectivity index (χ3n) is 3.85. The average Bonchev–Trinajstić information content (AvgIpc) is 3.14. The predicted molar refractivity (Wildman–Crippen MR) is 91.1 cm³/mol. The van der Waals surface area contributed by atoms with Gasteiger partial charge in [0, 0.05) is 17.7 Å². The molecule has 4 rings (SSSR count). The summed E-state index contributed by atoms with van der Waals surface area (Å²) in [6.45, 7) is 0. The van der Waals surface area contributed by atoms with Crippen molar-refractivity contribution in [2.45, 2.75) is 0 Å². The van der Waals surface area contributed by atoms with Gasteiger partial charge in [0.15, 0.2) is 0 Å². The summed E-state index contributed by atoms with van der Waals surface area (Å²) in [5.74, 6) is 0.876. The molecule has 0 saturated heterocycles. The molecule has 0 aliphatic rings. The summed E-state index contributed by atoms with van der Waals surface area (Å²) in [5, 5.41) is 0. The summed E-state index contributed by atoms with van der Waals surface area (Å²) in [6, 6.07) is 30.8. The Balaban J connectivity index is 0.000000403. The summed E-state index contributed by atoms with van der Waals surface area (Å²) < 4.78 is 42.0. The zero-order chi connectivity index (χ0) is 20.0. The van der Waals surface area contributed by atoms with Gasteiger partial charge >= 0.3 is 6.39 Å². The maximum absolute atomic E-state index is 8.49. The molecule has 0 radical (unpaired) electrons. The highest BCUT2D eigenvalue weighted by Gasteiger charge is 2.26. The molecule has 28 heavy (non-hydrogen) atoms. The van der Waals surface area contributed by atoms with Gasteiger partial charge in [-0.2, -0.15) is 0 Å². The van der Waals surface area contributed by atoms with E-state index >= 15 is 0 Å². The molecule has 142 valence electrons. The molecule has 3 aromatic carbocycles. The standard InChI is InChI=1S/C21H16NO.ClHO4/c1-4-10-17(11-5-1)20-21(18-12-6-2-7-13-18)23-16-22(20)19-14-8-3-9-15-19;2-1(3,4)5/h1-16H;(H,2,3,4,5)/q+1;/p-1. The minimum absolute atomic E-state index is 0.876. The summed E-state index contributed by atoms with van der Waals surface area (Å²) in [4.78, 5) is 0. The van der Waals surface area contributed by atoms with Crippen molar-refractivity contribution in [1.29, 1.82) is 0 Å². The van der Waals surface area contributed by atoms with Crippen LogP contribution >= 0.6 is 0 Å². The van der Waals surface area contributed by atoms with Gasteiger partial charge in [-0.1, -0.05) is 66.7 Å². The van der Waals surface area contributed by atoms with Crippen molar-refractivity contribution < 1.29 is 37.9 Å². The zero-order valence-corrected chi connectivity index (χ0v) is 15.4. The van der Waals surface area contributed by atoms with E-state index in [1.807, 2.05) is 54.6 Å². The molecule has 0 saturated carbocycles. The summed E-state index contributed by atoms with van der Waals surface area (Å²) >= 11 is 0. The van der Waals surface area contributed by atoms with Crippen molar-refractivity contribution in [3.05, 3.63) is 97.4 Å². The monoisotopic (exact) mass is 397 g/mol. The van der Waals surface area contributed by atoms with Gasteiger partial charge in [0.2, 0.25) is 11.4 Å². The minimum atomic E-state index is -4.94. The van der Waals surface area contributed by atoms with Crippen LogP contribution in [0.3, 0.4) is 0 Å². The molecule has 0 fully saturated rings. The number of halogens is 1. The van der Waals surface area contributed by atoms with Gasteiger partial charge in [-0.25, -0.2) is 18.6 Å². The molecule has 0 aliphatic heterocycles. The summed E-state index contributed by atoms with van der Waals surface area (Å²) in [5.41, 5.74) is 4.34. The molecule has 0 amide bonds. The highest BCUT2D eigenvalue weighted by molar-refractivity contribution is 5.74. The van der Waals surface area contributed by atoms with Gasteiger partial charge in [-0.05, 0) is 12.1 Å². The largest absolute Gasteiger partial charge is 0.403 e.